The third-order valence-electron chi connectivity index (χ3n) is 4.70. The summed E-state index contributed by atoms with van der Waals surface area (Å²) >= 11 is 0. The molecule has 1 aromatic heterocycles. The fraction of sp³-hybridized carbons (Fsp3) is 0.238. The molecule has 0 atom stereocenters. The van der Waals surface area contributed by atoms with Gasteiger partial charge in [-0.2, -0.15) is 0 Å². The maximum absolute atomic E-state index is 13.0. The Kier molecular flexibility index (Phi) is 4.44. The van der Waals surface area contributed by atoms with E-state index in [1.54, 1.807) is 7.11 Å². The highest BCUT2D eigenvalue weighted by atomic mass is 16.5. The second kappa shape index (κ2) is 7.04. The minimum absolute atomic E-state index is 0.0823. The van der Waals surface area contributed by atoms with Gasteiger partial charge in [-0.25, -0.2) is 4.98 Å². The van der Waals surface area contributed by atoms with E-state index in [9.17, 15) is 4.79 Å². The fourth-order valence-corrected chi connectivity index (χ4v) is 3.33. The van der Waals surface area contributed by atoms with Gasteiger partial charge < -0.3 is 15.0 Å². The van der Waals surface area contributed by atoms with Crippen molar-refractivity contribution in [1.29, 1.82) is 0 Å². The van der Waals surface area contributed by atoms with Crippen LogP contribution in [-0.4, -0.2) is 36.0 Å². The first kappa shape index (κ1) is 16.4. The molecule has 0 bridgehead atoms. The molecule has 1 aliphatic rings. The summed E-state index contributed by atoms with van der Waals surface area (Å²) in [4.78, 5) is 19.6. The highest BCUT2D eigenvalue weighted by Gasteiger charge is 2.22. The molecule has 0 aliphatic carbocycles. The van der Waals surface area contributed by atoms with E-state index in [-0.39, 0.29) is 5.91 Å². The summed E-state index contributed by atoms with van der Waals surface area (Å²) in [5.74, 6) is 1.54. The molecule has 2 heterocycles. The number of methoxy groups -OCH3 is 1. The molecule has 26 heavy (non-hydrogen) atoms. The number of carbonyl (C=O) groups is 1. The zero-order valence-electron chi connectivity index (χ0n) is 14.7. The van der Waals surface area contributed by atoms with Gasteiger partial charge in [-0.05, 0) is 49.2 Å². The van der Waals surface area contributed by atoms with Crippen LogP contribution in [0.2, 0.25) is 0 Å². The molecule has 0 radical (unpaired) electrons. The predicted molar refractivity (Wildman–Crippen MR) is 103 cm³/mol. The van der Waals surface area contributed by atoms with Crippen LogP contribution in [0.4, 0.5) is 11.5 Å². The Hall–Kier alpha value is -3.08. The van der Waals surface area contributed by atoms with E-state index in [1.807, 2.05) is 59.5 Å². The number of nitrogens with zero attached hydrogens (tertiary/aromatic N) is 2. The fourth-order valence-electron chi connectivity index (χ4n) is 3.33. The van der Waals surface area contributed by atoms with Crippen LogP contribution < -0.4 is 10.1 Å². The van der Waals surface area contributed by atoms with Crippen LogP contribution in [0.25, 0.3) is 10.9 Å². The Morgan fingerprint density at radius 3 is 2.54 bits per heavy atom. The van der Waals surface area contributed by atoms with Gasteiger partial charge in [0.05, 0.1) is 18.2 Å². The standard InChI is InChI=1S/C21H21N3O2/c1-26-16-10-8-15(9-11-16)22-20-14-18(21(25)24-12-4-5-13-24)17-6-2-3-7-19(17)23-20/h2-3,6-11,14H,4-5,12-13H2,1H3,(H,22,23). The monoisotopic (exact) mass is 347 g/mol. The lowest BCUT2D eigenvalue weighted by molar-refractivity contribution is 0.0794. The van der Waals surface area contributed by atoms with Crippen LogP contribution in [0.15, 0.2) is 54.6 Å². The molecule has 1 fully saturated rings. The zero-order valence-corrected chi connectivity index (χ0v) is 14.7. The van der Waals surface area contributed by atoms with Gasteiger partial charge in [-0.15, -0.1) is 0 Å². The van der Waals surface area contributed by atoms with Gasteiger partial charge in [0.25, 0.3) is 5.91 Å². The highest BCUT2D eigenvalue weighted by Crippen LogP contribution is 2.26. The van der Waals surface area contributed by atoms with Gasteiger partial charge >= 0.3 is 0 Å². The summed E-state index contributed by atoms with van der Waals surface area (Å²) in [6, 6.07) is 17.3. The van der Waals surface area contributed by atoms with Crippen molar-refractivity contribution in [2.45, 2.75) is 12.8 Å². The first-order chi connectivity index (χ1) is 12.7. The molecule has 0 spiro atoms. The minimum atomic E-state index is 0.0823. The van der Waals surface area contributed by atoms with Gasteiger partial charge in [-0.3, -0.25) is 4.79 Å². The summed E-state index contributed by atoms with van der Waals surface area (Å²) in [6.45, 7) is 1.66. The number of anilines is 2. The number of nitrogens with one attached hydrogen (secondary N) is 1. The van der Waals surface area contributed by atoms with Crippen LogP contribution in [0.1, 0.15) is 23.2 Å². The summed E-state index contributed by atoms with van der Waals surface area (Å²) in [5.41, 5.74) is 2.41. The van der Waals surface area contributed by atoms with Crippen molar-refractivity contribution in [2.24, 2.45) is 0 Å². The lowest BCUT2D eigenvalue weighted by Crippen LogP contribution is -2.27. The van der Waals surface area contributed by atoms with Crippen molar-refractivity contribution in [2.75, 3.05) is 25.5 Å². The normalized spacial score (nSPS) is 13.8. The van der Waals surface area contributed by atoms with Gasteiger partial charge in [0.1, 0.15) is 11.6 Å². The van der Waals surface area contributed by atoms with Crippen molar-refractivity contribution in [3.63, 3.8) is 0 Å². The summed E-state index contributed by atoms with van der Waals surface area (Å²) in [6.07, 6.45) is 2.15. The van der Waals surface area contributed by atoms with E-state index < -0.39 is 0 Å². The molecule has 2 aromatic carbocycles. The van der Waals surface area contributed by atoms with Crippen molar-refractivity contribution in [3.8, 4) is 5.75 Å². The number of carbonyl (C=O) groups excluding carboxylic acids is 1. The SMILES string of the molecule is COc1ccc(Nc2cc(C(=O)N3CCCC3)c3ccccc3n2)cc1. The number of likely N-dealkylation sites (tertiary alicyclic amines) is 1. The molecule has 0 unspecified atom stereocenters. The molecule has 132 valence electrons. The molecule has 3 aromatic rings. The van der Waals surface area contributed by atoms with E-state index in [2.05, 4.69) is 10.3 Å². The Morgan fingerprint density at radius 2 is 1.81 bits per heavy atom. The first-order valence-electron chi connectivity index (χ1n) is 8.85. The van der Waals surface area contributed by atoms with Gasteiger partial charge in [0, 0.05) is 24.2 Å². The Morgan fingerprint density at radius 1 is 1.08 bits per heavy atom. The number of hydrogen-bond acceptors (Lipinski definition) is 4. The lowest BCUT2D eigenvalue weighted by Gasteiger charge is -2.17. The molecule has 1 saturated heterocycles. The van der Waals surface area contributed by atoms with E-state index in [0.29, 0.717) is 11.4 Å². The quantitative estimate of drug-likeness (QED) is 0.768. The molecule has 4 rings (SSSR count). The summed E-state index contributed by atoms with van der Waals surface area (Å²) in [7, 11) is 1.64. The molecule has 1 N–H and O–H groups in total. The molecule has 0 saturated carbocycles. The second-order valence-corrected chi connectivity index (χ2v) is 6.43. The van der Waals surface area contributed by atoms with E-state index in [1.165, 1.54) is 0 Å². The van der Waals surface area contributed by atoms with Crippen molar-refractivity contribution in [1.82, 2.24) is 9.88 Å². The number of para-hydroxylation sites is 1. The number of hydrogen-bond donors (Lipinski definition) is 1. The zero-order chi connectivity index (χ0) is 17.9. The maximum atomic E-state index is 13.0. The summed E-state index contributed by atoms with van der Waals surface area (Å²) < 4.78 is 5.19. The smallest absolute Gasteiger partial charge is 0.254 e. The average molecular weight is 347 g/mol. The van der Waals surface area contributed by atoms with Crippen molar-refractivity contribution >= 4 is 28.3 Å². The Balaban J connectivity index is 1.71. The van der Waals surface area contributed by atoms with Crippen LogP contribution in [0.3, 0.4) is 0 Å². The number of pyridine rings is 1. The first-order valence-corrected chi connectivity index (χ1v) is 8.85. The lowest BCUT2D eigenvalue weighted by atomic mass is 10.1. The number of rotatable bonds is 4. The average Bonchev–Trinajstić information content (AvgIpc) is 3.22. The number of amides is 1. The Bertz CT molecular complexity index is 932. The largest absolute Gasteiger partial charge is 0.497 e. The number of aromatic nitrogens is 1. The predicted octanol–water partition coefficient (Wildman–Crippen LogP) is 4.22. The topological polar surface area (TPSA) is 54.5 Å². The third-order valence-corrected chi connectivity index (χ3v) is 4.70. The van der Waals surface area contributed by atoms with Crippen LogP contribution in [0, 0.1) is 0 Å². The van der Waals surface area contributed by atoms with Crippen LogP contribution >= 0.6 is 0 Å². The van der Waals surface area contributed by atoms with E-state index in [0.717, 1.165) is 48.3 Å². The summed E-state index contributed by atoms with van der Waals surface area (Å²) in [5, 5.41) is 4.19. The van der Waals surface area contributed by atoms with Gasteiger partial charge in [0.15, 0.2) is 0 Å². The minimum Gasteiger partial charge on any atom is -0.497 e. The number of fused-ring (bicyclic) bond motifs is 1. The van der Waals surface area contributed by atoms with Gasteiger partial charge in [-0.1, -0.05) is 18.2 Å². The van der Waals surface area contributed by atoms with Crippen LogP contribution in [-0.2, 0) is 0 Å². The molecule has 1 amide bonds. The molecular formula is C21H21N3O2. The van der Waals surface area contributed by atoms with E-state index >= 15 is 0 Å². The highest BCUT2D eigenvalue weighted by molar-refractivity contribution is 6.07. The van der Waals surface area contributed by atoms with Gasteiger partial charge in [0.2, 0.25) is 0 Å². The maximum Gasteiger partial charge on any atom is 0.254 e. The number of ether oxygens (including phenoxy) is 1. The van der Waals surface area contributed by atoms with Crippen molar-refractivity contribution < 1.29 is 9.53 Å². The number of benzene rings is 2. The molecule has 5 nitrogen and oxygen atoms in total. The molecule has 5 heteroatoms. The molecule has 1 aliphatic heterocycles. The van der Waals surface area contributed by atoms with Crippen LogP contribution in [0.5, 0.6) is 5.75 Å². The Labute approximate surface area is 152 Å². The molecular weight excluding hydrogens is 326 g/mol. The second-order valence-electron chi connectivity index (χ2n) is 6.43. The third kappa shape index (κ3) is 3.20. The van der Waals surface area contributed by atoms with E-state index in [4.69, 9.17) is 4.74 Å². The van der Waals surface area contributed by atoms with Crippen molar-refractivity contribution in [3.05, 3.63) is 60.2 Å².